The van der Waals surface area contributed by atoms with Crippen molar-refractivity contribution in [3.8, 4) is 11.8 Å². The number of nitriles is 1. The number of hydrogen-bond donors (Lipinski definition) is 1. The van der Waals surface area contributed by atoms with E-state index in [4.69, 9.17) is 0 Å². The second kappa shape index (κ2) is 7.58. The predicted molar refractivity (Wildman–Crippen MR) is 96.4 cm³/mol. The quantitative estimate of drug-likeness (QED) is 0.749. The van der Waals surface area contributed by atoms with Crippen LogP contribution >= 0.6 is 0 Å². The molecule has 1 aromatic carbocycles. The van der Waals surface area contributed by atoms with Gasteiger partial charge >= 0.3 is 0 Å². The van der Waals surface area contributed by atoms with Crippen LogP contribution in [0.1, 0.15) is 36.4 Å². The number of aryl methyl sites for hydroxylation is 1. The number of anilines is 1. The lowest BCUT2D eigenvalue weighted by Crippen LogP contribution is -2.10. The van der Waals surface area contributed by atoms with Crippen molar-refractivity contribution in [2.45, 2.75) is 33.2 Å². The Morgan fingerprint density at radius 1 is 1.08 bits per heavy atom. The Morgan fingerprint density at radius 2 is 1.88 bits per heavy atom. The molecule has 1 N–H and O–H groups in total. The second-order valence-electron chi connectivity index (χ2n) is 5.61. The van der Waals surface area contributed by atoms with Crippen LogP contribution in [0.3, 0.4) is 0 Å². The van der Waals surface area contributed by atoms with Crippen molar-refractivity contribution in [3.05, 3.63) is 65.1 Å². The summed E-state index contributed by atoms with van der Waals surface area (Å²) in [6.07, 6.45) is 3.45. The van der Waals surface area contributed by atoms with E-state index < -0.39 is 0 Å². The average molecular weight is 332 g/mol. The van der Waals surface area contributed by atoms with Gasteiger partial charge in [-0.2, -0.15) is 15.5 Å². The minimum atomic E-state index is 0.484. The summed E-state index contributed by atoms with van der Waals surface area (Å²) in [7, 11) is 0. The van der Waals surface area contributed by atoms with E-state index in [1.165, 1.54) is 0 Å². The van der Waals surface area contributed by atoms with Gasteiger partial charge in [0.25, 0.3) is 0 Å². The molecule has 126 valence electrons. The Morgan fingerprint density at radius 3 is 2.56 bits per heavy atom. The van der Waals surface area contributed by atoms with Crippen LogP contribution in [0.4, 0.5) is 5.82 Å². The summed E-state index contributed by atoms with van der Waals surface area (Å²) >= 11 is 0. The molecular weight excluding hydrogens is 312 g/mol. The predicted octanol–water partition coefficient (Wildman–Crippen LogP) is 3.27. The molecule has 6 nitrogen and oxygen atoms in total. The van der Waals surface area contributed by atoms with Crippen LogP contribution in [0.5, 0.6) is 0 Å². The fourth-order valence-electron chi connectivity index (χ4n) is 2.77. The SMILES string of the molecule is CCc1nnc(NCc2ccn(-c3ccccc3)n2)c(C#N)c1CC. The molecule has 0 amide bonds. The lowest BCUT2D eigenvalue weighted by molar-refractivity contribution is 0.834. The van der Waals surface area contributed by atoms with Crippen molar-refractivity contribution in [2.24, 2.45) is 0 Å². The standard InChI is InChI=1S/C19H20N6/c1-3-16-17(12-20)19(23-22-18(16)4-2)21-13-14-10-11-25(24-14)15-8-6-5-7-9-15/h5-11H,3-4,13H2,1-2H3,(H,21,23). The maximum absolute atomic E-state index is 9.52. The summed E-state index contributed by atoms with van der Waals surface area (Å²) in [5.74, 6) is 0.519. The van der Waals surface area contributed by atoms with Crippen molar-refractivity contribution in [2.75, 3.05) is 5.32 Å². The first kappa shape index (κ1) is 16.7. The zero-order valence-electron chi connectivity index (χ0n) is 14.4. The summed E-state index contributed by atoms with van der Waals surface area (Å²) in [6.45, 7) is 4.54. The van der Waals surface area contributed by atoms with E-state index in [9.17, 15) is 5.26 Å². The molecule has 0 aliphatic rings. The van der Waals surface area contributed by atoms with Gasteiger partial charge < -0.3 is 5.32 Å². The van der Waals surface area contributed by atoms with Crippen LogP contribution in [0, 0.1) is 11.3 Å². The Balaban J connectivity index is 1.79. The summed E-state index contributed by atoms with van der Waals surface area (Å²) in [5, 5.41) is 25.7. The van der Waals surface area contributed by atoms with Gasteiger partial charge in [-0.15, -0.1) is 5.10 Å². The smallest absolute Gasteiger partial charge is 0.167 e. The third-order valence-electron chi connectivity index (χ3n) is 4.06. The lowest BCUT2D eigenvalue weighted by atomic mass is 10.0. The summed E-state index contributed by atoms with van der Waals surface area (Å²) < 4.78 is 1.82. The Hall–Kier alpha value is -3.20. The molecule has 0 atom stereocenters. The molecule has 0 spiro atoms. The van der Waals surface area contributed by atoms with Crippen LogP contribution in [0.2, 0.25) is 0 Å². The highest BCUT2D eigenvalue weighted by Gasteiger charge is 2.14. The van der Waals surface area contributed by atoms with Crippen molar-refractivity contribution >= 4 is 5.82 Å². The van der Waals surface area contributed by atoms with E-state index in [-0.39, 0.29) is 0 Å². The number of rotatable bonds is 6. The van der Waals surface area contributed by atoms with Gasteiger partial charge in [-0.3, -0.25) is 0 Å². The summed E-state index contributed by atoms with van der Waals surface area (Å²) in [6, 6.07) is 14.1. The molecule has 0 saturated carbocycles. The second-order valence-corrected chi connectivity index (χ2v) is 5.61. The van der Waals surface area contributed by atoms with Crippen molar-refractivity contribution in [1.82, 2.24) is 20.0 Å². The molecule has 0 fully saturated rings. The first-order valence-corrected chi connectivity index (χ1v) is 8.39. The minimum Gasteiger partial charge on any atom is -0.362 e. The zero-order valence-corrected chi connectivity index (χ0v) is 14.4. The van der Waals surface area contributed by atoms with E-state index in [2.05, 4.69) is 26.7 Å². The number of nitrogens with zero attached hydrogens (tertiary/aromatic N) is 5. The first-order valence-electron chi connectivity index (χ1n) is 8.39. The molecule has 0 aliphatic carbocycles. The maximum atomic E-state index is 9.52. The Bertz CT molecular complexity index is 892. The van der Waals surface area contributed by atoms with Crippen molar-refractivity contribution < 1.29 is 0 Å². The molecule has 2 heterocycles. The maximum Gasteiger partial charge on any atom is 0.167 e. The minimum absolute atomic E-state index is 0.484. The van der Waals surface area contributed by atoms with Gasteiger partial charge in [0.05, 0.1) is 23.6 Å². The van der Waals surface area contributed by atoms with Crippen molar-refractivity contribution in [3.63, 3.8) is 0 Å². The van der Waals surface area contributed by atoms with Gasteiger partial charge in [0, 0.05) is 6.20 Å². The fraction of sp³-hybridized carbons (Fsp3) is 0.263. The molecule has 0 radical (unpaired) electrons. The Labute approximate surface area is 147 Å². The lowest BCUT2D eigenvalue weighted by Gasteiger charge is -2.11. The number of hydrogen-bond acceptors (Lipinski definition) is 5. The average Bonchev–Trinajstić information content (AvgIpc) is 3.15. The molecule has 3 rings (SSSR count). The summed E-state index contributed by atoms with van der Waals surface area (Å²) in [4.78, 5) is 0. The van der Waals surface area contributed by atoms with Gasteiger partial charge in [-0.05, 0) is 36.6 Å². The zero-order chi connectivity index (χ0) is 17.6. The first-order chi connectivity index (χ1) is 12.3. The molecule has 0 bridgehead atoms. The van der Waals surface area contributed by atoms with E-state index >= 15 is 0 Å². The fourth-order valence-corrected chi connectivity index (χ4v) is 2.77. The molecule has 25 heavy (non-hydrogen) atoms. The van der Waals surface area contributed by atoms with Gasteiger partial charge in [-0.1, -0.05) is 32.0 Å². The topological polar surface area (TPSA) is 79.4 Å². The monoisotopic (exact) mass is 332 g/mol. The van der Waals surface area contributed by atoms with Gasteiger partial charge in [0.2, 0.25) is 0 Å². The molecule has 0 unspecified atom stereocenters. The molecule has 0 saturated heterocycles. The highest BCUT2D eigenvalue weighted by molar-refractivity contribution is 5.56. The van der Waals surface area contributed by atoms with Crippen LogP contribution in [-0.2, 0) is 19.4 Å². The number of aromatic nitrogens is 4. The normalized spacial score (nSPS) is 10.4. The van der Waals surface area contributed by atoms with Gasteiger partial charge in [0.15, 0.2) is 5.82 Å². The molecule has 0 aliphatic heterocycles. The van der Waals surface area contributed by atoms with Crippen LogP contribution in [-0.4, -0.2) is 20.0 Å². The van der Waals surface area contributed by atoms with Gasteiger partial charge in [0.1, 0.15) is 11.6 Å². The summed E-state index contributed by atoms with van der Waals surface area (Å²) in [5.41, 5.74) is 4.31. The van der Waals surface area contributed by atoms with E-state index in [1.54, 1.807) is 0 Å². The third kappa shape index (κ3) is 3.50. The Kier molecular flexibility index (Phi) is 5.05. The van der Waals surface area contributed by atoms with E-state index in [0.717, 1.165) is 35.5 Å². The van der Waals surface area contributed by atoms with Crippen LogP contribution in [0.15, 0.2) is 42.6 Å². The number of nitrogens with one attached hydrogen (secondary N) is 1. The molecule has 2 aromatic heterocycles. The molecular formula is C19H20N6. The van der Waals surface area contributed by atoms with Crippen molar-refractivity contribution in [1.29, 1.82) is 5.26 Å². The molecule has 3 aromatic rings. The van der Waals surface area contributed by atoms with Crippen LogP contribution < -0.4 is 5.32 Å². The third-order valence-corrected chi connectivity index (χ3v) is 4.06. The molecule has 6 heteroatoms. The number of para-hydroxylation sites is 1. The van der Waals surface area contributed by atoms with E-state index in [0.29, 0.717) is 17.9 Å². The highest BCUT2D eigenvalue weighted by atomic mass is 15.3. The highest BCUT2D eigenvalue weighted by Crippen LogP contribution is 2.20. The number of benzene rings is 1. The van der Waals surface area contributed by atoms with Gasteiger partial charge in [-0.25, -0.2) is 4.68 Å². The largest absolute Gasteiger partial charge is 0.362 e. The van der Waals surface area contributed by atoms with E-state index in [1.807, 2.05) is 61.1 Å². The van der Waals surface area contributed by atoms with Crippen LogP contribution in [0.25, 0.3) is 5.69 Å².